The molecule has 3 aliphatic rings. The molecule has 23 nitrogen and oxygen atoms in total. The second kappa shape index (κ2) is 47.6. The van der Waals surface area contributed by atoms with Crippen LogP contribution in [0.15, 0.2) is 0 Å². The number of carboxylic acids is 1. The molecule has 0 bridgehead atoms. The Balaban J connectivity index is 1.59. The van der Waals surface area contributed by atoms with Crippen LogP contribution in [-0.2, 0) is 42.8 Å². The van der Waals surface area contributed by atoms with Crippen LogP contribution in [0.25, 0.3) is 0 Å². The van der Waals surface area contributed by atoms with E-state index >= 15 is 0 Å². The predicted octanol–water partition coefficient (Wildman–Crippen LogP) is 6.12. The van der Waals surface area contributed by atoms with E-state index in [1.807, 2.05) is 0 Å². The van der Waals surface area contributed by atoms with Gasteiger partial charge in [-0.1, -0.05) is 232 Å². The Morgan fingerprint density at radius 1 is 0.539 bits per heavy atom. The quantitative estimate of drug-likeness (QED) is 0.0305. The van der Waals surface area contributed by atoms with Crippen molar-refractivity contribution in [2.45, 2.75) is 375 Å². The second-order valence-electron chi connectivity index (χ2n) is 25.8. The van der Waals surface area contributed by atoms with Crippen LogP contribution in [0.5, 0.6) is 0 Å². The van der Waals surface area contributed by atoms with E-state index in [1.54, 1.807) is 0 Å². The third-order valence-corrected chi connectivity index (χ3v) is 18.1. The summed E-state index contributed by atoms with van der Waals surface area (Å²) in [6.45, 7) is 2.22. The number of unbranched alkanes of at least 4 members (excludes halogenated alkanes) is 33. The molecule has 0 saturated carbocycles. The molecule has 14 N–H and O–H groups in total. The van der Waals surface area contributed by atoms with Gasteiger partial charge in [0.05, 0.1) is 50.7 Å². The van der Waals surface area contributed by atoms with Gasteiger partial charge in [-0.05, 0) is 12.8 Å². The Labute approximate surface area is 531 Å². The van der Waals surface area contributed by atoms with E-state index in [1.165, 1.54) is 167 Å². The van der Waals surface area contributed by atoms with E-state index in [4.69, 9.17) is 28.4 Å². The smallest absolute Gasteiger partial charge is 0.364 e. The number of carbonyl (C=O) groups is 3. The number of hydrogen-bond donors (Lipinski definition) is 14. The molecule has 3 rings (SSSR count). The Kier molecular flexibility index (Phi) is 43.3. The fourth-order valence-electron chi connectivity index (χ4n) is 12.5. The molecule has 2 amide bonds. The normalized spacial score (nSPS) is 28.7. The summed E-state index contributed by atoms with van der Waals surface area (Å²) in [5, 5.41) is 136. The Morgan fingerprint density at radius 2 is 0.978 bits per heavy atom. The number of nitrogens with one attached hydrogen (secondary N) is 2. The summed E-state index contributed by atoms with van der Waals surface area (Å²) < 4.78 is 34.9. The second-order valence-corrected chi connectivity index (χ2v) is 25.8. The number of aliphatic hydroxyl groups excluding tert-OH is 11. The molecule has 89 heavy (non-hydrogen) atoms. The molecule has 0 spiro atoms. The molecule has 3 heterocycles. The van der Waals surface area contributed by atoms with Crippen molar-refractivity contribution in [3.8, 4) is 0 Å². The van der Waals surface area contributed by atoms with Gasteiger partial charge in [0.25, 0.3) is 5.79 Å². The Bertz CT molecular complexity index is 1810. The topological polar surface area (TPSA) is 373 Å². The molecule has 0 aromatic rings. The largest absolute Gasteiger partial charge is 0.477 e. The van der Waals surface area contributed by atoms with Crippen LogP contribution >= 0.6 is 0 Å². The number of rotatable bonds is 53. The summed E-state index contributed by atoms with van der Waals surface area (Å²) in [5.41, 5.74) is 0. The number of amides is 2. The summed E-state index contributed by atoms with van der Waals surface area (Å²) in [6, 6.07) is -2.52. The van der Waals surface area contributed by atoms with Crippen molar-refractivity contribution in [3.63, 3.8) is 0 Å². The zero-order valence-electron chi connectivity index (χ0n) is 54.6. The van der Waals surface area contributed by atoms with Crippen LogP contribution in [0, 0.1) is 0 Å². The summed E-state index contributed by atoms with van der Waals surface area (Å²) >= 11 is 0. The molecule has 0 aliphatic carbocycles. The number of ether oxygens (including phenoxy) is 6. The van der Waals surface area contributed by atoms with Gasteiger partial charge in [-0.2, -0.15) is 0 Å². The van der Waals surface area contributed by atoms with Crippen molar-refractivity contribution >= 4 is 17.8 Å². The Hall–Kier alpha value is -2.27. The minimum Gasteiger partial charge on any atom is -0.477 e. The summed E-state index contributed by atoms with van der Waals surface area (Å²) in [5.74, 6) is -6.09. The van der Waals surface area contributed by atoms with Crippen LogP contribution in [-0.4, -0.2) is 215 Å². The highest BCUT2D eigenvalue weighted by Crippen LogP contribution is 2.39. The van der Waals surface area contributed by atoms with Gasteiger partial charge in [0.2, 0.25) is 11.8 Å². The maximum absolute atomic E-state index is 13.5. The first kappa shape index (κ1) is 81.0. The maximum Gasteiger partial charge on any atom is 0.364 e. The zero-order chi connectivity index (χ0) is 65.4. The number of carbonyl (C=O) groups excluding carboxylic acids is 2. The van der Waals surface area contributed by atoms with Crippen LogP contribution in [0.3, 0.4) is 0 Å². The first-order chi connectivity index (χ1) is 42.9. The van der Waals surface area contributed by atoms with Crippen molar-refractivity contribution in [1.82, 2.24) is 10.6 Å². The first-order valence-corrected chi connectivity index (χ1v) is 34.9. The van der Waals surface area contributed by atoms with E-state index in [0.717, 1.165) is 51.9 Å². The summed E-state index contributed by atoms with van der Waals surface area (Å²) in [4.78, 5) is 38.5. The highest BCUT2D eigenvalue weighted by Gasteiger charge is 2.60. The minimum atomic E-state index is -3.08. The molecule has 3 fully saturated rings. The lowest BCUT2D eigenvalue weighted by atomic mass is 9.88. The molecular weight excluding hydrogens is 1160 g/mol. The molecule has 3 saturated heterocycles. The minimum absolute atomic E-state index is 0.229. The monoisotopic (exact) mass is 1280 g/mol. The van der Waals surface area contributed by atoms with Crippen LogP contribution in [0.2, 0.25) is 0 Å². The fraction of sp³-hybridized carbons (Fsp3) is 0.955. The van der Waals surface area contributed by atoms with E-state index in [2.05, 4.69) is 24.5 Å². The van der Waals surface area contributed by atoms with Gasteiger partial charge < -0.3 is 100 Å². The zero-order valence-corrected chi connectivity index (χ0v) is 54.6. The molecule has 23 heteroatoms. The van der Waals surface area contributed by atoms with Crippen molar-refractivity contribution in [2.75, 3.05) is 26.4 Å². The number of aliphatic carboxylic acids is 1. The molecule has 0 radical (unpaired) electrons. The molecule has 524 valence electrons. The average Bonchev–Trinajstić information content (AvgIpc) is 1.09. The molecule has 3 aliphatic heterocycles. The van der Waals surface area contributed by atoms with Crippen LogP contribution in [0.1, 0.15) is 265 Å². The van der Waals surface area contributed by atoms with Crippen molar-refractivity contribution in [2.24, 2.45) is 0 Å². The van der Waals surface area contributed by atoms with E-state index in [0.29, 0.717) is 19.3 Å². The molecule has 18 atom stereocenters. The van der Waals surface area contributed by atoms with Crippen LogP contribution < -0.4 is 10.6 Å². The van der Waals surface area contributed by atoms with Gasteiger partial charge in [-0.25, -0.2) is 4.79 Å². The van der Waals surface area contributed by atoms with E-state index in [9.17, 15) is 75.7 Å². The highest BCUT2D eigenvalue weighted by atomic mass is 16.8. The first-order valence-electron chi connectivity index (χ1n) is 34.9. The van der Waals surface area contributed by atoms with Gasteiger partial charge in [0, 0.05) is 19.8 Å². The van der Waals surface area contributed by atoms with Gasteiger partial charge in [-0.3, -0.25) is 9.59 Å². The molecule has 0 aromatic carbocycles. The standard InChI is InChI=1S/C66H124N2O21/c1-4-6-8-10-12-14-16-18-20-21-22-23-24-26-28-30-32-34-36-38-40-53(76)68-47(48(73)39-37-35-33-31-29-27-25-19-17-15-13-11-9-7-5-2)45-84-63-58(80)57(79)60(52(44-71)86-63)87-64-59(81)62(56(78)51(43-70)85-64)89-66(65(82)83)41-49(74)54(67-46(3)72)61(88-66)55(77)50(75)42-69/h47-52,54-64,69-71,73-75,77-81H,4-45H2,1-3H3,(H,67,72)(H,68,76)(H,82,83). The number of aliphatic hydroxyl groups is 11. The maximum atomic E-state index is 13.5. The predicted molar refractivity (Wildman–Crippen MR) is 334 cm³/mol. The van der Waals surface area contributed by atoms with Gasteiger partial charge in [0.15, 0.2) is 12.6 Å². The molecular formula is C66H124N2O21. The van der Waals surface area contributed by atoms with Gasteiger partial charge in [-0.15, -0.1) is 0 Å². The highest BCUT2D eigenvalue weighted by molar-refractivity contribution is 5.77. The van der Waals surface area contributed by atoms with Gasteiger partial charge >= 0.3 is 5.97 Å². The van der Waals surface area contributed by atoms with Crippen molar-refractivity contribution in [3.05, 3.63) is 0 Å². The lowest BCUT2D eigenvalue weighted by molar-refractivity contribution is -0.386. The summed E-state index contributed by atoms with van der Waals surface area (Å²) in [6.07, 6.45) is 13.9. The SMILES string of the molecule is CCCCCCCCCCCCCCCCCCCCCCC(=O)NC(COC1OC(CO)C(OC2OC(CO)C(O)C(OC3(C(=O)O)CC(O)C(NC(C)=O)C(C(O)C(O)CO)O3)C2O)C(O)C1O)C(O)CCCCCCCCCCCCCCCCC. The lowest BCUT2D eigenvalue weighted by Crippen LogP contribution is -2.70. The number of hydrogen-bond acceptors (Lipinski definition) is 20. The third kappa shape index (κ3) is 30.3. The van der Waals surface area contributed by atoms with Crippen LogP contribution in [0.4, 0.5) is 0 Å². The molecule has 0 aromatic heterocycles. The average molecular weight is 1280 g/mol. The van der Waals surface area contributed by atoms with E-state index in [-0.39, 0.29) is 18.9 Å². The van der Waals surface area contributed by atoms with Crippen molar-refractivity contribution in [1.29, 1.82) is 0 Å². The summed E-state index contributed by atoms with van der Waals surface area (Å²) in [7, 11) is 0. The molecule has 18 unspecified atom stereocenters. The Morgan fingerprint density at radius 3 is 1.40 bits per heavy atom. The van der Waals surface area contributed by atoms with Gasteiger partial charge in [0.1, 0.15) is 67.1 Å². The number of carboxylic acid groups (broad SMARTS) is 1. The lowest BCUT2D eigenvalue weighted by Gasteiger charge is -2.50. The third-order valence-electron chi connectivity index (χ3n) is 18.1. The van der Waals surface area contributed by atoms with Crippen molar-refractivity contribution < 1.29 is 104 Å². The van der Waals surface area contributed by atoms with E-state index < -0.39 is 148 Å². The fourth-order valence-corrected chi connectivity index (χ4v) is 12.5.